The van der Waals surface area contributed by atoms with Crippen molar-refractivity contribution in [2.75, 3.05) is 6.61 Å². The lowest BCUT2D eigenvalue weighted by atomic mass is 10.1. The maximum Gasteiger partial charge on any atom is 0.167 e. The van der Waals surface area contributed by atoms with Crippen molar-refractivity contribution in [1.82, 2.24) is 0 Å². The van der Waals surface area contributed by atoms with Crippen LogP contribution in [0.25, 0.3) is 0 Å². The number of hydrogen-bond acceptors (Lipinski definition) is 2. The molecule has 2 rings (SSSR count). The molecule has 1 aromatic rings. The average molecular weight is 339 g/mol. The first-order valence-electron chi connectivity index (χ1n) is 6.88. The molecule has 1 aliphatic rings. The van der Waals surface area contributed by atoms with Crippen molar-refractivity contribution < 1.29 is 27.0 Å². The summed E-state index contributed by atoms with van der Waals surface area (Å²) in [5.41, 5.74) is -0.459. The summed E-state index contributed by atoms with van der Waals surface area (Å²) in [7, 11) is 0. The van der Waals surface area contributed by atoms with Gasteiger partial charge in [-0.1, -0.05) is 17.7 Å². The molecule has 1 saturated heterocycles. The van der Waals surface area contributed by atoms with Crippen molar-refractivity contribution in [2.45, 2.75) is 38.6 Å². The molecule has 0 N–H and O–H groups in total. The number of rotatable bonds is 5. The Morgan fingerprint density at radius 3 is 2.23 bits per heavy atom. The highest BCUT2D eigenvalue weighted by Crippen LogP contribution is 2.26. The molecule has 1 atom stereocenters. The molecular weight excluding hydrogens is 324 g/mol. The van der Waals surface area contributed by atoms with Crippen LogP contribution < -0.4 is 0 Å². The second-order valence-corrected chi connectivity index (χ2v) is 5.14. The van der Waals surface area contributed by atoms with Gasteiger partial charge < -0.3 is 9.47 Å². The minimum atomic E-state index is -1.45. The van der Waals surface area contributed by atoms with Crippen molar-refractivity contribution in [3.05, 3.63) is 46.0 Å². The van der Waals surface area contributed by atoms with Crippen LogP contribution in [0.1, 0.15) is 30.4 Å². The Labute approximate surface area is 130 Å². The Morgan fingerprint density at radius 2 is 1.68 bits per heavy atom. The van der Waals surface area contributed by atoms with Crippen LogP contribution in [0.5, 0.6) is 0 Å². The van der Waals surface area contributed by atoms with Crippen LogP contribution in [0.4, 0.5) is 17.6 Å². The summed E-state index contributed by atoms with van der Waals surface area (Å²) in [5.74, 6) is -5.77. The number of benzene rings is 1. The van der Waals surface area contributed by atoms with E-state index in [-0.39, 0.29) is 6.42 Å². The van der Waals surface area contributed by atoms with Gasteiger partial charge >= 0.3 is 0 Å². The summed E-state index contributed by atoms with van der Waals surface area (Å²) < 4.78 is 66.0. The predicted molar refractivity (Wildman–Crippen MR) is 73.4 cm³/mol. The molecule has 1 unspecified atom stereocenters. The molecule has 22 heavy (non-hydrogen) atoms. The SMILES string of the molecule is Fc1c(F)c(COC2CCCCO2)c(F)c(F)c1CC=CCl. The Balaban J connectivity index is 2.20. The minimum absolute atomic E-state index is 0.345. The Hall–Kier alpha value is -1.11. The summed E-state index contributed by atoms with van der Waals surface area (Å²) in [5, 5.41) is 0. The summed E-state index contributed by atoms with van der Waals surface area (Å²) in [6.07, 6.45) is 2.55. The van der Waals surface area contributed by atoms with E-state index < -0.39 is 47.3 Å². The fourth-order valence-corrected chi connectivity index (χ4v) is 2.30. The normalized spacial score (nSPS) is 19.0. The van der Waals surface area contributed by atoms with Crippen molar-refractivity contribution in [2.24, 2.45) is 0 Å². The fraction of sp³-hybridized carbons (Fsp3) is 0.467. The second-order valence-electron chi connectivity index (χ2n) is 4.89. The van der Waals surface area contributed by atoms with Crippen molar-refractivity contribution in [1.29, 1.82) is 0 Å². The van der Waals surface area contributed by atoms with E-state index in [9.17, 15) is 17.6 Å². The zero-order valence-corrected chi connectivity index (χ0v) is 12.4. The Morgan fingerprint density at radius 1 is 1.05 bits per heavy atom. The molecule has 0 aromatic heterocycles. The molecule has 0 spiro atoms. The van der Waals surface area contributed by atoms with Gasteiger partial charge in [-0.3, -0.25) is 0 Å². The lowest BCUT2D eigenvalue weighted by Crippen LogP contribution is -2.23. The van der Waals surface area contributed by atoms with E-state index in [1.807, 2.05) is 0 Å². The molecule has 0 aliphatic carbocycles. The van der Waals surface area contributed by atoms with Gasteiger partial charge in [-0.2, -0.15) is 0 Å². The largest absolute Gasteiger partial charge is 0.353 e. The predicted octanol–water partition coefficient (Wildman–Crippen LogP) is 4.58. The molecule has 0 saturated carbocycles. The molecule has 0 radical (unpaired) electrons. The lowest BCUT2D eigenvalue weighted by Gasteiger charge is -2.23. The van der Waals surface area contributed by atoms with Gasteiger partial charge in [0.1, 0.15) is 0 Å². The van der Waals surface area contributed by atoms with Crippen LogP contribution in [0.3, 0.4) is 0 Å². The highest BCUT2D eigenvalue weighted by molar-refractivity contribution is 6.25. The number of halogens is 5. The average Bonchev–Trinajstić information content (AvgIpc) is 2.54. The zero-order chi connectivity index (χ0) is 16.1. The highest BCUT2D eigenvalue weighted by Gasteiger charge is 2.25. The fourth-order valence-electron chi connectivity index (χ4n) is 2.21. The zero-order valence-electron chi connectivity index (χ0n) is 11.7. The van der Waals surface area contributed by atoms with Gasteiger partial charge in [-0.25, -0.2) is 17.6 Å². The van der Waals surface area contributed by atoms with E-state index in [1.54, 1.807) is 0 Å². The molecule has 1 aromatic carbocycles. The van der Waals surface area contributed by atoms with E-state index in [1.165, 1.54) is 6.08 Å². The molecule has 2 nitrogen and oxygen atoms in total. The first-order chi connectivity index (χ1) is 10.6. The van der Waals surface area contributed by atoms with Gasteiger partial charge in [-0.05, 0) is 25.7 Å². The summed E-state index contributed by atoms with van der Waals surface area (Å²) in [6.45, 7) is -0.107. The van der Waals surface area contributed by atoms with Crippen LogP contribution >= 0.6 is 11.6 Å². The smallest absolute Gasteiger partial charge is 0.167 e. The van der Waals surface area contributed by atoms with Gasteiger partial charge in [-0.15, -0.1) is 0 Å². The van der Waals surface area contributed by atoms with E-state index in [2.05, 4.69) is 0 Å². The monoisotopic (exact) mass is 338 g/mol. The minimum Gasteiger partial charge on any atom is -0.353 e. The van der Waals surface area contributed by atoms with Crippen LogP contribution in [-0.2, 0) is 22.5 Å². The second kappa shape index (κ2) is 7.94. The summed E-state index contributed by atoms with van der Waals surface area (Å²) in [4.78, 5) is 0. The van der Waals surface area contributed by atoms with Gasteiger partial charge in [0.05, 0.1) is 12.2 Å². The van der Waals surface area contributed by atoms with Crippen LogP contribution in [0, 0.1) is 23.3 Å². The lowest BCUT2D eigenvalue weighted by molar-refractivity contribution is -0.169. The molecule has 122 valence electrons. The van der Waals surface area contributed by atoms with E-state index in [0.717, 1.165) is 18.4 Å². The van der Waals surface area contributed by atoms with E-state index >= 15 is 0 Å². The topological polar surface area (TPSA) is 18.5 Å². The van der Waals surface area contributed by atoms with Crippen molar-refractivity contribution in [3.8, 4) is 0 Å². The van der Waals surface area contributed by atoms with Crippen molar-refractivity contribution in [3.63, 3.8) is 0 Å². The van der Waals surface area contributed by atoms with E-state index in [4.69, 9.17) is 21.1 Å². The molecule has 0 bridgehead atoms. The standard InChI is InChI=1S/C15H15ClF4O2/c16-6-3-4-9-12(17)14(19)10(15(20)13(9)18)8-22-11-5-1-2-7-21-11/h3,6,11H,1-2,4-5,7-8H2. The molecule has 7 heteroatoms. The van der Waals surface area contributed by atoms with Gasteiger partial charge in [0, 0.05) is 17.7 Å². The summed E-state index contributed by atoms with van der Waals surface area (Å²) in [6, 6.07) is 0. The third-order valence-corrected chi connectivity index (χ3v) is 3.59. The molecule has 1 heterocycles. The van der Waals surface area contributed by atoms with Crippen molar-refractivity contribution >= 4 is 11.6 Å². The molecular formula is C15H15ClF4O2. The first-order valence-corrected chi connectivity index (χ1v) is 7.32. The van der Waals surface area contributed by atoms with Gasteiger partial charge in [0.25, 0.3) is 0 Å². The van der Waals surface area contributed by atoms with Crippen LogP contribution in [0.2, 0.25) is 0 Å². The van der Waals surface area contributed by atoms with Gasteiger partial charge in [0.15, 0.2) is 29.6 Å². The third-order valence-electron chi connectivity index (χ3n) is 3.41. The Kier molecular flexibility index (Phi) is 6.23. The quantitative estimate of drug-likeness (QED) is 0.578. The molecule has 1 aliphatic heterocycles. The number of allylic oxidation sites excluding steroid dienone is 1. The number of ether oxygens (including phenoxy) is 2. The highest BCUT2D eigenvalue weighted by atomic mass is 35.5. The summed E-state index contributed by atoms with van der Waals surface area (Å²) >= 11 is 5.26. The molecule has 0 amide bonds. The maximum absolute atomic E-state index is 13.9. The maximum atomic E-state index is 13.9. The number of hydrogen-bond donors (Lipinski definition) is 0. The van der Waals surface area contributed by atoms with Crippen LogP contribution in [0.15, 0.2) is 11.6 Å². The third kappa shape index (κ3) is 3.80. The first kappa shape index (κ1) is 17.2. The van der Waals surface area contributed by atoms with E-state index in [0.29, 0.717) is 13.0 Å². The Bertz CT molecular complexity index is 528. The van der Waals surface area contributed by atoms with Crippen LogP contribution in [-0.4, -0.2) is 12.9 Å². The van der Waals surface area contributed by atoms with Gasteiger partial charge in [0.2, 0.25) is 0 Å². The molecule has 1 fully saturated rings.